The minimum Gasteiger partial charge on any atom is -0.384 e. The van der Waals surface area contributed by atoms with Crippen molar-refractivity contribution in [3.63, 3.8) is 0 Å². The molecule has 0 aliphatic rings. The maximum Gasteiger partial charge on any atom is 0.137 e. The Balaban J connectivity index is 2.60. The Hall–Kier alpha value is -1.36. The summed E-state index contributed by atoms with van der Waals surface area (Å²) < 4.78 is 15.3. The maximum atomic E-state index is 13.2. The maximum absolute atomic E-state index is 13.2. The molecule has 0 amide bonds. The first-order chi connectivity index (χ1) is 8.04. The van der Waals surface area contributed by atoms with Crippen LogP contribution < -0.4 is 5.73 Å². The average molecular weight is 298 g/mol. The van der Waals surface area contributed by atoms with E-state index in [0.29, 0.717) is 10.3 Å². The van der Waals surface area contributed by atoms with Crippen LogP contribution in [0.4, 0.5) is 10.2 Å². The van der Waals surface area contributed by atoms with Gasteiger partial charge >= 0.3 is 0 Å². The van der Waals surface area contributed by atoms with Crippen LogP contribution in [0.25, 0.3) is 11.3 Å². The Morgan fingerprint density at radius 2 is 2.18 bits per heavy atom. The van der Waals surface area contributed by atoms with Gasteiger partial charge in [-0.1, -0.05) is 6.92 Å². The average Bonchev–Trinajstić information content (AvgIpc) is 2.59. The Morgan fingerprint density at radius 3 is 2.76 bits per heavy atom. The van der Waals surface area contributed by atoms with Crippen molar-refractivity contribution in [2.24, 2.45) is 7.05 Å². The molecule has 3 nitrogen and oxygen atoms in total. The van der Waals surface area contributed by atoms with Gasteiger partial charge in [0.15, 0.2) is 0 Å². The van der Waals surface area contributed by atoms with Crippen molar-refractivity contribution in [1.82, 2.24) is 9.78 Å². The predicted octanol–water partition coefficient (Wildman–Crippen LogP) is 3.13. The molecule has 17 heavy (non-hydrogen) atoms. The van der Waals surface area contributed by atoms with Crippen LogP contribution in [0.5, 0.6) is 0 Å². The first-order valence-corrected chi connectivity index (χ1v) is 6.10. The fourth-order valence-corrected chi connectivity index (χ4v) is 2.18. The van der Waals surface area contributed by atoms with E-state index < -0.39 is 0 Å². The molecule has 0 aliphatic carbocycles. The van der Waals surface area contributed by atoms with E-state index in [9.17, 15) is 4.39 Å². The second-order valence-corrected chi connectivity index (χ2v) is 4.67. The van der Waals surface area contributed by atoms with Gasteiger partial charge in [0.1, 0.15) is 11.6 Å². The molecule has 2 aromatic rings. The van der Waals surface area contributed by atoms with Gasteiger partial charge in [-0.2, -0.15) is 5.10 Å². The van der Waals surface area contributed by atoms with Gasteiger partial charge in [0.25, 0.3) is 0 Å². The van der Waals surface area contributed by atoms with Crippen LogP contribution in [-0.4, -0.2) is 9.78 Å². The Bertz CT molecular complexity index is 563. The van der Waals surface area contributed by atoms with E-state index in [1.807, 2.05) is 6.92 Å². The number of rotatable bonds is 2. The zero-order chi connectivity index (χ0) is 12.6. The number of hydrogen-bond donors (Lipinski definition) is 1. The molecular weight excluding hydrogens is 285 g/mol. The molecule has 0 spiro atoms. The normalized spacial score (nSPS) is 10.8. The van der Waals surface area contributed by atoms with Crippen LogP contribution >= 0.6 is 15.9 Å². The monoisotopic (exact) mass is 297 g/mol. The SMILES string of the molecule is CCc1c(-c2ccc(F)c(Br)c2)nn(C)c1N. The lowest BCUT2D eigenvalue weighted by Crippen LogP contribution is -1.98. The van der Waals surface area contributed by atoms with Gasteiger partial charge in [-0.3, -0.25) is 4.68 Å². The number of nitrogens with two attached hydrogens (primary N) is 1. The van der Waals surface area contributed by atoms with Crippen molar-refractivity contribution in [1.29, 1.82) is 0 Å². The number of aromatic nitrogens is 2. The van der Waals surface area contributed by atoms with Gasteiger partial charge in [0, 0.05) is 18.2 Å². The van der Waals surface area contributed by atoms with Gasteiger partial charge in [-0.15, -0.1) is 0 Å². The molecule has 0 atom stereocenters. The van der Waals surface area contributed by atoms with E-state index in [1.165, 1.54) is 6.07 Å². The molecule has 5 heteroatoms. The summed E-state index contributed by atoms with van der Waals surface area (Å²) in [6, 6.07) is 4.85. The summed E-state index contributed by atoms with van der Waals surface area (Å²) in [6.07, 6.45) is 0.796. The van der Waals surface area contributed by atoms with Gasteiger partial charge in [-0.25, -0.2) is 4.39 Å². The van der Waals surface area contributed by atoms with Gasteiger partial charge in [-0.05, 0) is 40.5 Å². The second kappa shape index (κ2) is 4.49. The van der Waals surface area contributed by atoms with Crippen molar-refractivity contribution in [3.05, 3.63) is 34.1 Å². The molecule has 0 bridgehead atoms. The van der Waals surface area contributed by atoms with E-state index in [-0.39, 0.29) is 5.82 Å². The molecule has 90 valence electrons. The smallest absolute Gasteiger partial charge is 0.137 e. The molecule has 2 N–H and O–H groups in total. The van der Waals surface area contributed by atoms with Crippen LogP contribution in [0, 0.1) is 5.82 Å². The summed E-state index contributed by atoms with van der Waals surface area (Å²) in [4.78, 5) is 0. The largest absolute Gasteiger partial charge is 0.384 e. The Labute approximate surface area is 108 Å². The van der Waals surface area contributed by atoms with Crippen LogP contribution in [0.15, 0.2) is 22.7 Å². The van der Waals surface area contributed by atoms with E-state index in [1.54, 1.807) is 23.9 Å². The highest BCUT2D eigenvalue weighted by molar-refractivity contribution is 9.10. The lowest BCUT2D eigenvalue weighted by atomic mass is 10.1. The molecule has 0 fully saturated rings. The van der Waals surface area contributed by atoms with E-state index >= 15 is 0 Å². The number of nitrogens with zero attached hydrogens (tertiary/aromatic N) is 2. The van der Waals surface area contributed by atoms with Crippen LogP contribution in [0.3, 0.4) is 0 Å². The lowest BCUT2D eigenvalue weighted by molar-refractivity contribution is 0.621. The molecule has 1 aromatic heterocycles. The molecule has 1 heterocycles. The zero-order valence-corrected chi connectivity index (χ0v) is 11.3. The Kier molecular flexibility index (Phi) is 3.19. The number of anilines is 1. The molecular formula is C12H13BrFN3. The topological polar surface area (TPSA) is 43.8 Å². The van der Waals surface area contributed by atoms with Crippen molar-refractivity contribution in [2.45, 2.75) is 13.3 Å². The number of nitrogen functional groups attached to an aromatic ring is 1. The first-order valence-electron chi connectivity index (χ1n) is 5.31. The highest BCUT2D eigenvalue weighted by Gasteiger charge is 2.14. The zero-order valence-electron chi connectivity index (χ0n) is 9.67. The van der Waals surface area contributed by atoms with Crippen LogP contribution in [-0.2, 0) is 13.5 Å². The van der Waals surface area contributed by atoms with E-state index in [4.69, 9.17) is 5.73 Å². The van der Waals surface area contributed by atoms with E-state index in [2.05, 4.69) is 21.0 Å². The summed E-state index contributed by atoms with van der Waals surface area (Å²) >= 11 is 3.17. The minimum atomic E-state index is -0.282. The standard InChI is InChI=1S/C12H13BrFN3/c1-3-8-11(16-17(2)12(8)15)7-4-5-10(14)9(13)6-7/h4-6H,3,15H2,1-2H3. The second-order valence-electron chi connectivity index (χ2n) is 3.82. The van der Waals surface area contributed by atoms with Gasteiger partial charge < -0.3 is 5.73 Å². The van der Waals surface area contributed by atoms with Gasteiger partial charge in [0.05, 0.1) is 10.2 Å². The van der Waals surface area contributed by atoms with Crippen molar-refractivity contribution in [3.8, 4) is 11.3 Å². The molecule has 0 unspecified atom stereocenters. The molecule has 1 aromatic carbocycles. The summed E-state index contributed by atoms with van der Waals surface area (Å²) in [7, 11) is 1.80. The summed E-state index contributed by atoms with van der Waals surface area (Å²) in [6.45, 7) is 2.02. The molecule has 0 radical (unpaired) electrons. The molecule has 0 aliphatic heterocycles. The van der Waals surface area contributed by atoms with Gasteiger partial charge in [0.2, 0.25) is 0 Å². The number of benzene rings is 1. The molecule has 2 rings (SSSR count). The predicted molar refractivity (Wildman–Crippen MR) is 70.1 cm³/mol. The first kappa shape index (κ1) is 12.1. The number of halogens is 2. The fraction of sp³-hybridized carbons (Fsp3) is 0.250. The highest BCUT2D eigenvalue weighted by Crippen LogP contribution is 2.29. The number of aryl methyl sites for hydroxylation is 1. The highest BCUT2D eigenvalue weighted by atomic mass is 79.9. The molecule has 0 saturated heterocycles. The Morgan fingerprint density at radius 1 is 1.47 bits per heavy atom. The van der Waals surface area contributed by atoms with Crippen LogP contribution in [0.1, 0.15) is 12.5 Å². The third-order valence-electron chi connectivity index (χ3n) is 2.74. The quantitative estimate of drug-likeness (QED) is 0.925. The summed E-state index contributed by atoms with van der Waals surface area (Å²) in [5.41, 5.74) is 8.60. The van der Waals surface area contributed by atoms with E-state index in [0.717, 1.165) is 23.2 Å². The summed E-state index contributed by atoms with van der Waals surface area (Å²) in [5, 5.41) is 4.37. The third kappa shape index (κ3) is 2.07. The number of hydrogen-bond acceptors (Lipinski definition) is 2. The van der Waals surface area contributed by atoms with Crippen LogP contribution in [0.2, 0.25) is 0 Å². The lowest BCUT2D eigenvalue weighted by Gasteiger charge is -2.02. The van der Waals surface area contributed by atoms with Crippen molar-refractivity contribution >= 4 is 21.7 Å². The molecule has 0 saturated carbocycles. The minimum absolute atomic E-state index is 0.282. The third-order valence-corrected chi connectivity index (χ3v) is 3.35. The summed E-state index contributed by atoms with van der Waals surface area (Å²) in [5.74, 6) is 0.374. The van der Waals surface area contributed by atoms with Crippen molar-refractivity contribution in [2.75, 3.05) is 5.73 Å². The van der Waals surface area contributed by atoms with Crippen molar-refractivity contribution < 1.29 is 4.39 Å². The fourth-order valence-electron chi connectivity index (χ4n) is 1.80.